The number of hydrogen-bond acceptors (Lipinski definition) is 0. The fraction of sp³-hybridized carbons (Fsp3) is 0.793. The van der Waals surface area contributed by atoms with E-state index in [9.17, 15) is 0 Å². The van der Waals surface area contributed by atoms with Crippen LogP contribution in [0.1, 0.15) is 277 Å². The summed E-state index contributed by atoms with van der Waals surface area (Å²) < 4.78 is 1.35. The van der Waals surface area contributed by atoms with E-state index in [4.69, 9.17) is 0 Å². The minimum Gasteiger partial charge on any atom is -0.320 e. The second-order valence-electron chi connectivity index (χ2n) is 19.0. The topological polar surface area (TPSA) is 0 Å². The summed E-state index contributed by atoms with van der Waals surface area (Å²) in [5.41, 5.74) is 1.57. The van der Waals surface area contributed by atoms with Gasteiger partial charge >= 0.3 is 0 Å². The first-order chi connectivity index (χ1) is 29.3. The van der Waals surface area contributed by atoms with Crippen LogP contribution in [0.5, 0.6) is 0 Å². The van der Waals surface area contributed by atoms with Gasteiger partial charge in [-0.25, -0.2) is 0 Å². The Balaban J connectivity index is 2.48. The van der Waals surface area contributed by atoms with Crippen molar-refractivity contribution < 1.29 is 4.48 Å². The third-order valence-electron chi connectivity index (χ3n) is 13.3. The van der Waals surface area contributed by atoms with Gasteiger partial charge in [-0.2, -0.15) is 0 Å². The predicted molar refractivity (Wildman–Crippen MR) is 270 cm³/mol. The maximum Gasteiger partial charge on any atom is 0.104 e. The third kappa shape index (κ3) is 39.0. The molecule has 0 aliphatic carbocycles. The molecule has 1 rings (SSSR count). The van der Waals surface area contributed by atoms with Crippen molar-refractivity contribution in [2.24, 2.45) is 0 Å². The van der Waals surface area contributed by atoms with Crippen LogP contribution in [-0.4, -0.2) is 24.1 Å². The van der Waals surface area contributed by atoms with E-state index in [1.165, 1.54) is 281 Å². The Morgan fingerprint density at radius 2 is 0.508 bits per heavy atom. The summed E-state index contributed by atoms with van der Waals surface area (Å²) in [4.78, 5) is 0. The Labute approximate surface area is 372 Å². The molecule has 0 heterocycles. The quantitative estimate of drug-likeness (QED) is 0.0349. The summed E-state index contributed by atoms with van der Waals surface area (Å²) in [6.45, 7) is 11.9. The highest BCUT2D eigenvalue weighted by molar-refractivity contribution is 5.13. The maximum absolute atomic E-state index is 2.42. The molecule has 1 heteroatoms. The largest absolute Gasteiger partial charge is 0.320 e. The molecule has 59 heavy (non-hydrogen) atoms. The summed E-state index contributed by atoms with van der Waals surface area (Å²) in [6, 6.07) is 11.6. The molecule has 0 bridgehead atoms. The second-order valence-corrected chi connectivity index (χ2v) is 19.0. The first-order valence-corrected chi connectivity index (χ1v) is 27.0. The van der Waals surface area contributed by atoms with Crippen LogP contribution in [0.4, 0.5) is 0 Å². The van der Waals surface area contributed by atoms with E-state index in [1.54, 1.807) is 5.56 Å². The normalized spacial score (nSPS) is 12.3. The zero-order valence-electron chi connectivity index (χ0n) is 40.7. The Hall–Kier alpha value is -1.60. The average molecular weight is 817 g/mol. The fourth-order valence-electron chi connectivity index (χ4n) is 9.47. The number of benzene rings is 1. The summed E-state index contributed by atoms with van der Waals surface area (Å²) in [5.74, 6) is 0. The Bertz CT molecular complexity index is 921. The summed E-state index contributed by atoms with van der Waals surface area (Å²) in [5, 5.41) is 0. The number of rotatable bonds is 47. The molecule has 0 radical (unpaired) electrons. The van der Waals surface area contributed by atoms with Gasteiger partial charge in [0.2, 0.25) is 0 Å². The smallest absolute Gasteiger partial charge is 0.104 e. The van der Waals surface area contributed by atoms with Crippen molar-refractivity contribution in [1.82, 2.24) is 0 Å². The maximum atomic E-state index is 2.42. The summed E-state index contributed by atoms with van der Waals surface area (Å²) in [6.07, 6.45) is 69.3. The first kappa shape index (κ1) is 55.4. The van der Waals surface area contributed by atoms with Crippen LogP contribution < -0.4 is 0 Å². The van der Waals surface area contributed by atoms with Gasteiger partial charge in [0.05, 0.1) is 19.6 Å². The van der Waals surface area contributed by atoms with Crippen LogP contribution in [0.15, 0.2) is 66.8 Å². The Morgan fingerprint density at radius 1 is 0.288 bits per heavy atom. The van der Waals surface area contributed by atoms with Gasteiger partial charge < -0.3 is 4.48 Å². The van der Waals surface area contributed by atoms with Gasteiger partial charge in [-0.3, -0.25) is 0 Å². The molecule has 0 spiro atoms. The van der Waals surface area contributed by atoms with Crippen molar-refractivity contribution in [2.45, 2.75) is 278 Å². The third-order valence-corrected chi connectivity index (χ3v) is 13.3. The lowest BCUT2D eigenvalue weighted by Gasteiger charge is -2.39. The van der Waals surface area contributed by atoms with Crippen molar-refractivity contribution in [3.05, 3.63) is 72.4 Å². The van der Waals surface area contributed by atoms with Crippen molar-refractivity contribution in [1.29, 1.82) is 0 Å². The molecule has 342 valence electrons. The summed E-state index contributed by atoms with van der Waals surface area (Å²) >= 11 is 0. The van der Waals surface area contributed by atoms with Gasteiger partial charge in [0.1, 0.15) is 6.54 Å². The zero-order chi connectivity index (χ0) is 42.3. The van der Waals surface area contributed by atoms with Crippen molar-refractivity contribution in [2.75, 3.05) is 19.6 Å². The minimum absolute atomic E-state index is 1.25. The Kier molecular flexibility index (Phi) is 43.1. The number of quaternary nitrogens is 1. The number of unbranched alkanes of at least 4 members (excludes halogenated alkanes) is 36. The van der Waals surface area contributed by atoms with E-state index >= 15 is 0 Å². The molecule has 0 unspecified atom stereocenters. The van der Waals surface area contributed by atoms with Crippen molar-refractivity contribution in [3.63, 3.8) is 0 Å². The van der Waals surface area contributed by atoms with Crippen LogP contribution in [-0.2, 0) is 6.54 Å². The van der Waals surface area contributed by atoms with E-state index in [0.29, 0.717) is 0 Å². The van der Waals surface area contributed by atoms with E-state index in [0.717, 1.165) is 0 Å². The summed E-state index contributed by atoms with van der Waals surface area (Å²) in [7, 11) is 0. The van der Waals surface area contributed by atoms with E-state index < -0.39 is 0 Å². The molecule has 0 amide bonds. The molecular weight excluding hydrogens is 711 g/mol. The number of allylic oxidation sites excluding steroid dienone is 6. The van der Waals surface area contributed by atoms with Crippen LogP contribution >= 0.6 is 0 Å². The van der Waals surface area contributed by atoms with Gasteiger partial charge in [0.25, 0.3) is 0 Å². The van der Waals surface area contributed by atoms with Crippen LogP contribution in [0.2, 0.25) is 0 Å². The lowest BCUT2D eigenvalue weighted by atomic mass is 10.0. The highest BCUT2D eigenvalue weighted by Crippen LogP contribution is 2.23. The number of hydrogen-bond donors (Lipinski definition) is 0. The molecule has 0 saturated heterocycles. The van der Waals surface area contributed by atoms with E-state index in [2.05, 4.69) is 87.6 Å². The van der Waals surface area contributed by atoms with Crippen LogP contribution in [0, 0.1) is 0 Å². The van der Waals surface area contributed by atoms with Gasteiger partial charge in [-0.1, -0.05) is 240 Å². The standard InChI is InChI=1S/C58H106N/c1-4-7-10-13-16-19-22-25-28-31-34-37-40-43-49-54-59(57-58-52-47-46-48-53-58,55-50-44-41-38-35-32-29-26-23-20-17-14-11-8-5-2)56-51-45-42-39-36-33-30-27-24-21-18-15-12-9-6-3/h4-9,46-48,52-53H,10-45,49-51,54-57H2,1-3H3/q+1/b7-4+,8-5+,9-6+. The average Bonchev–Trinajstić information content (AvgIpc) is 3.25. The molecule has 0 saturated carbocycles. The number of nitrogens with zero attached hydrogens (tertiary/aromatic N) is 1. The van der Waals surface area contributed by atoms with Gasteiger partial charge in [-0.15, -0.1) is 0 Å². The van der Waals surface area contributed by atoms with E-state index in [-0.39, 0.29) is 0 Å². The minimum atomic E-state index is 1.25. The van der Waals surface area contributed by atoms with Gasteiger partial charge in [-0.05, 0) is 97.8 Å². The molecule has 1 nitrogen and oxygen atoms in total. The SMILES string of the molecule is C/C=C/CCCCCCCCCCCCCC[N+](CCCCCCCCCCCCCC/C=C/C)(CCCCCCCCCCCCCC/C=C/C)Cc1ccccc1. The van der Waals surface area contributed by atoms with Gasteiger partial charge in [0.15, 0.2) is 0 Å². The molecule has 0 aromatic heterocycles. The predicted octanol–water partition coefficient (Wildman–Crippen LogP) is 19.9. The Morgan fingerprint density at radius 3 is 0.746 bits per heavy atom. The van der Waals surface area contributed by atoms with E-state index in [1.807, 2.05) is 0 Å². The molecular formula is C58H106N+. The van der Waals surface area contributed by atoms with Gasteiger partial charge in [0, 0.05) is 5.56 Å². The van der Waals surface area contributed by atoms with Crippen LogP contribution in [0.3, 0.4) is 0 Å². The lowest BCUT2D eigenvalue weighted by Crippen LogP contribution is -2.49. The fourth-order valence-corrected chi connectivity index (χ4v) is 9.47. The zero-order valence-corrected chi connectivity index (χ0v) is 40.7. The molecule has 0 aliphatic heterocycles. The highest BCUT2D eigenvalue weighted by Gasteiger charge is 2.26. The van der Waals surface area contributed by atoms with Crippen LogP contribution in [0.25, 0.3) is 0 Å². The van der Waals surface area contributed by atoms with Crippen molar-refractivity contribution >= 4 is 0 Å². The molecule has 0 aliphatic rings. The monoisotopic (exact) mass is 817 g/mol. The lowest BCUT2D eigenvalue weighted by molar-refractivity contribution is -0.941. The molecule has 1 aromatic rings. The van der Waals surface area contributed by atoms with Crippen molar-refractivity contribution in [3.8, 4) is 0 Å². The molecule has 0 atom stereocenters. The highest BCUT2D eigenvalue weighted by atomic mass is 15.3. The molecule has 0 fully saturated rings. The first-order valence-electron chi connectivity index (χ1n) is 27.0. The molecule has 0 N–H and O–H groups in total. The molecule has 1 aromatic carbocycles. The second kappa shape index (κ2) is 45.9.